The van der Waals surface area contributed by atoms with Gasteiger partial charge in [0.2, 0.25) is 0 Å². The smallest absolute Gasteiger partial charge is 0.185 e. The molecule has 2 rings (SSSR count). The number of allylic oxidation sites excluding steroid dienone is 1. The molecular formula is C21H22O4. The van der Waals surface area contributed by atoms with E-state index < -0.39 is 0 Å². The fourth-order valence-electron chi connectivity index (χ4n) is 2.35. The first-order valence-corrected chi connectivity index (χ1v) is 7.87. The second-order valence-corrected chi connectivity index (χ2v) is 5.39. The summed E-state index contributed by atoms with van der Waals surface area (Å²) in [7, 11) is 3.20. The molecule has 0 saturated heterocycles. The number of rotatable bonds is 8. The number of ether oxygens (including phenoxy) is 3. The normalized spacial score (nSPS) is 10.5. The summed E-state index contributed by atoms with van der Waals surface area (Å²) in [5.74, 6) is 2.01. The van der Waals surface area contributed by atoms with E-state index in [9.17, 15) is 4.79 Å². The largest absolute Gasteiger partial charge is 0.496 e. The molecule has 130 valence electrons. The summed E-state index contributed by atoms with van der Waals surface area (Å²) < 4.78 is 16.1. The second-order valence-electron chi connectivity index (χ2n) is 5.39. The predicted octanol–water partition coefficient (Wildman–Crippen LogP) is 4.47. The molecule has 0 spiro atoms. The van der Waals surface area contributed by atoms with Gasteiger partial charge in [0.05, 0.1) is 14.2 Å². The highest BCUT2D eigenvalue weighted by Gasteiger charge is 2.08. The fourth-order valence-corrected chi connectivity index (χ4v) is 2.35. The second kappa shape index (κ2) is 8.73. The summed E-state index contributed by atoms with van der Waals surface area (Å²) in [6.45, 7) is 5.98. The van der Waals surface area contributed by atoms with Gasteiger partial charge < -0.3 is 14.2 Å². The zero-order chi connectivity index (χ0) is 18.2. The van der Waals surface area contributed by atoms with E-state index in [2.05, 4.69) is 6.58 Å². The molecule has 4 heteroatoms. The Morgan fingerprint density at radius 1 is 1.08 bits per heavy atom. The van der Waals surface area contributed by atoms with Crippen LogP contribution in [0.1, 0.15) is 21.5 Å². The standard InChI is InChI=1S/C21H22O4/c1-5-12-25-18-9-6-16(7-10-18)19(22)11-8-17-13-15(2)20(23-3)14-21(17)24-4/h5-11,13-14H,1,12H2,2-4H3/b11-8+. The van der Waals surface area contributed by atoms with Crippen LogP contribution in [0.5, 0.6) is 17.2 Å². The Balaban J connectivity index is 2.17. The maximum Gasteiger partial charge on any atom is 0.185 e. The van der Waals surface area contributed by atoms with Crippen LogP contribution in [0.15, 0.2) is 55.1 Å². The Labute approximate surface area is 148 Å². The number of methoxy groups -OCH3 is 2. The molecule has 0 unspecified atom stereocenters. The minimum atomic E-state index is -0.0919. The van der Waals surface area contributed by atoms with Crippen molar-refractivity contribution >= 4 is 11.9 Å². The minimum absolute atomic E-state index is 0.0919. The van der Waals surface area contributed by atoms with Gasteiger partial charge in [-0.1, -0.05) is 12.7 Å². The average molecular weight is 338 g/mol. The topological polar surface area (TPSA) is 44.8 Å². The molecule has 4 nitrogen and oxygen atoms in total. The highest BCUT2D eigenvalue weighted by Crippen LogP contribution is 2.29. The van der Waals surface area contributed by atoms with Crippen LogP contribution in [-0.4, -0.2) is 26.6 Å². The third kappa shape index (κ3) is 4.73. The summed E-state index contributed by atoms with van der Waals surface area (Å²) in [6, 6.07) is 10.7. The van der Waals surface area contributed by atoms with Crippen molar-refractivity contribution in [3.63, 3.8) is 0 Å². The van der Waals surface area contributed by atoms with Gasteiger partial charge in [-0.3, -0.25) is 4.79 Å². The zero-order valence-electron chi connectivity index (χ0n) is 14.7. The summed E-state index contributed by atoms with van der Waals surface area (Å²) in [5.41, 5.74) is 2.38. The lowest BCUT2D eigenvalue weighted by atomic mass is 10.1. The highest BCUT2D eigenvalue weighted by molar-refractivity contribution is 6.07. The van der Waals surface area contributed by atoms with Crippen LogP contribution < -0.4 is 14.2 Å². The molecule has 0 atom stereocenters. The molecule has 0 amide bonds. The predicted molar refractivity (Wildman–Crippen MR) is 99.8 cm³/mol. The Bertz CT molecular complexity index is 773. The number of benzene rings is 2. The van der Waals surface area contributed by atoms with Crippen molar-refractivity contribution in [3.8, 4) is 17.2 Å². The van der Waals surface area contributed by atoms with Gasteiger partial charge in [0.1, 0.15) is 23.9 Å². The molecule has 25 heavy (non-hydrogen) atoms. The van der Waals surface area contributed by atoms with E-state index in [0.717, 1.165) is 16.9 Å². The highest BCUT2D eigenvalue weighted by atomic mass is 16.5. The van der Waals surface area contributed by atoms with Crippen LogP contribution >= 0.6 is 0 Å². The van der Waals surface area contributed by atoms with Crippen molar-refractivity contribution in [2.24, 2.45) is 0 Å². The van der Waals surface area contributed by atoms with Crippen molar-refractivity contribution < 1.29 is 19.0 Å². The van der Waals surface area contributed by atoms with E-state index >= 15 is 0 Å². The first-order valence-electron chi connectivity index (χ1n) is 7.87. The van der Waals surface area contributed by atoms with Gasteiger partial charge in [0, 0.05) is 17.2 Å². The molecule has 2 aromatic carbocycles. The molecule has 0 saturated carbocycles. The Kier molecular flexibility index (Phi) is 6.40. The van der Waals surface area contributed by atoms with Gasteiger partial charge in [-0.05, 0) is 55.0 Å². The number of carbonyl (C=O) groups excluding carboxylic acids is 1. The Morgan fingerprint density at radius 3 is 2.36 bits per heavy atom. The van der Waals surface area contributed by atoms with E-state index in [-0.39, 0.29) is 5.78 Å². The lowest BCUT2D eigenvalue weighted by molar-refractivity contribution is 0.104. The lowest BCUT2D eigenvalue weighted by Crippen LogP contribution is -1.97. The fraction of sp³-hybridized carbons (Fsp3) is 0.190. The molecule has 0 aliphatic carbocycles. The molecule has 0 N–H and O–H groups in total. The van der Waals surface area contributed by atoms with Crippen LogP contribution in [0.25, 0.3) is 6.08 Å². The summed E-state index contributed by atoms with van der Waals surface area (Å²) in [6.07, 6.45) is 4.95. The van der Waals surface area contributed by atoms with Crippen molar-refractivity contribution in [2.45, 2.75) is 6.92 Å². The quantitative estimate of drug-likeness (QED) is 0.405. The lowest BCUT2D eigenvalue weighted by Gasteiger charge is -2.10. The van der Waals surface area contributed by atoms with E-state index in [0.29, 0.717) is 23.7 Å². The van der Waals surface area contributed by atoms with E-state index in [1.54, 1.807) is 50.6 Å². The Morgan fingerprint density at radius 2 is 1.76 bits per heavy atom. The molecule has 0 radical (unpaired) electrons. The third-order valence-corrected chi connectivity index (χ3v) is 3.67. The molecule has 0 aromatic heterocycles. The average Bonchev–Trinajstić information content (AvgIpc) is 2.64. The number of hydrogen-bond acceptors (Lipinski definition) is 4. The number of aryl methyl sites for hydroxylation is 1. The third-order valence-electron chi connectivity index (χ3n) is 3.67. The number of carbonyl (C=O) groups is 1. The van der Waals surface area contributed by atoms with Gasteiger partial charge in [-0.15, -0.1) is 0 Å². The van der Waals surface area contributed by atoms with Crippen LogP contribution in [0, 0.1) is 6.92 Å². The maximum atomic E-state index is 12.3. The minimum Gasteiger partial charge on any atom is -0.496 e. The van der Waals surface area contributed by atoms with Crippen LogP contribution in [0.2, 0.25) is 0 Å². The molecule has 0 heterocycles. The van der Waals surface area contributed by atoms with E-state index in [4.69, 9.17) is 14.2 Å². The van der Waals surface area contributed by atoms with E-state index in [1.807, 2.05) is 19.1 Å². The van der Waals surface area contributed by atoms with Crippen molar-refractivity contribution in [1.82, 2.24) is 0 Å². The van der Waals surface area contributed by atoms with Gasteiger partial charge in [0.15, 0.2) is 5.78 Å². The summed E-state index contributed by atoms with van der Waals surface area (Å²) in [4.78, 5) is 12.3. The van der Waals surface area contributed by atoms with Gasteiger partial charge in [0.25, 0.3) is 0 Å². The summed E-state index contributed by atoms with van der Waals surface area (Å²) >= 11 is 0. The van der Waals surface area contributed by atoms with Gasteiger partial charge >= 0.3 is 0 Å². The molecule has 0 aliphatic rings. The number of ketones is 1. The van der Waals surface area contributed by atoms with Gasteiger partial charge in [-0.25, -0.2) is 0 Å². The Hall–Kier alpha value is -3.01. The number of hydrogen-bond donors (Lipinski definition) is 0. The van der Waals surface area contributed by atoms with Gasteiger partial charge in [-0.2, -0.15) is 0 Å². The molecular weight excluding hydrogens is 316 g/mol. The molecule has 0 aliphatic heterocycles. The van der Waals surface area contributed by atoms with Crippen molar-refractivity contribution in [3.05, 3.63) is 71.8 Å². The SMILES string of the molecule is C=CCOc1ccc(C(=O)/C=C/c2cc(C)c(OC)cc2OC)cc1. The van der Waals surface area contributed by atoms with Crippen LogP contribution in [0.4, 0.5) is 0 Å². The van der Waals surface area contributed by atoms with Crippen molar-refractivity contribution in [2.75, 3.05) is 20.8 Å². The van der Waals surface area contributed by atoms with Crippen molar-refractivity contribution in [1.29, 1.82) is 0 Å². The van der Waals surface area contributed by atoms with Crippen LogP contribution in [-0.2, 0) is 0 Å². The molecule has 2 aromatic rings. The first-order chi connectivity index (χ1) is 12.1. The zero-order valence-corrected chi connectivity index (χ0v) is 14.7. The first kappa shape index (κ1) is 18.3. The maximum absolute atomic E-state index is 12.3. The molecule has 0 bridgehead atoms. The summed E-state index contributed by atoms with van der Waals surface area (Å²) in [5, 5.41) is 0. The van der Waals surface area contributed by atoms with Crippen LogP contribution in [0.3, 0.4) is 0 Å². The van der Waals surface area contributed by atoms with E-state index in [1.165, 1.54) is 6.08 Å². The monoisotopic (exact) mass is 338 g/mol. The molecule has 0 fully saturated rings.